The molecule has 144 valence electrons. The van der Waals surface area contributed by atoms with Crippen molar-refractivity contribution in [1.82, 2.24) is 9.21 Å². The number of hydrogen-bond acceptors (Lipinski definition) is 5. The van der Waals surface area contributed by atoms with Crippen LogP contribution in [0.25, 0.3) is 6.08 Å². The van der Waals surface area contributed by atoms with Crippen LogP contribution in [0.2, 0.25) is 0 Å². The number of sulfonamides is 1. The zero-order valence-corrected chi connectivity index (χ0v) is 17.1. The molecule has 1 amide bonds. The van der Waals surface area contributed by atoms with Gasteiger partial charge in [0, 0.05) is 38.1 Å². The third-order valence-electron chi connectivity index (χ3n) is 4.48. The molecule has 0 unspecified atom stereocenters. The second-order valence-corrected chi connectivity index (χ2v) is 9.53. The van der Waals surface area contributed by atoms with E-state index in [9.17, 15) is 13.2 Å². The Morgan fingerprint density at radius 3 is 2.78 bits per heavy atom. The van der Waals surface area contributed by atoms with Crippen LogP contribution in [0.3, 0.4) is 0 Å². The molecule has 3 rings (SSSR count). The fourth-order valence-electron chi connectivity index (χ4n) is 2.90. The fraction of sp³-hybridized carbons (Fsp3) is 0.316. The summed E-state index contributed by atoms with van der Waals surface area (Å²) in [6, 6.07) is 6.90. The number of thiophene rings is 1. The van der Waals surface area contributed by atoms with Gasteiger partial charge in [-0.25, -0.2) is 12.7 Å². The number of carbonyl (C=O) groups excluding carboxylic acids is 1. The summed E-state index contributed by atoms with van der Waals surface area (Å²) >= 11 is 1.73. The summed E-state index contributed by atoms with van der Waals surface area (Å²) < 4.78 is 31.3. The largest absolute Gasteiger partial charge is 0.495 e. The summed E-state index contributed by atoms with van der Waals surface area (Å²) in [6.07, 6.45) is 4.01. The van der Waals surface area contributed by atoms with Gasteiger partial charge in [0.1, 0.15) is 10.6 Å². The highest BCUT2D eigenvalue weighted by atomic mass is 32.2. The lowest BCUT2D eigenvalue weighted by atomic mass is 10.1. The van der Waals surface area contributed by atoms with E-state index in [0.29, 0.717) is 18.7 Å². The molecule has 8 heteroatoms. The Bertz CT molecular complexity index is 977. The number of rotatable bonds is 5. The predicted molar refractivity (Wildman–Crippen MR) is 106 cm³/mol. The van der Waals surface area contributed by atoms with Gasteiger partial charge < -0.3 is 9.64 Å². The zero-order valence-electron chi connectivity index (χ0n) is 15.5. The van der Waals surface area contributed by atoms with E-state index >= 15 is 0 Å². The lowest BCUT2D eigenvalue weighted by Crippen LogP contribution is -2.34. The van der Waals surface area contributed by atoms with Gasteiger partial charge in [0.15, 0.2) is 0 Å². The van der Waals surface area contributed by atoms with Crippen LogP contribution in [0.4, 0.5) is 0 Å². The molecule has 0 saturated carbocycles. The number of ether oxygens (including phenoxy) is 1. The monoisotopic (exact) mass is 406 g/mol. The first-order valence-electron chi connectivity index (χ1n) is 8.45. The highest BCUT2D eigenvalue weighted by Crippen LogP contribution is 2.28. The van der Waals surface area contributed by atoms with Crippen molar-refractivity contribution in [2.45, 2.75) is 17.9 Å². The minimum Gasteiger partial charge on any atom is -0.495 e. The molecular formula is C19H22N2O4S2. The molecule has 27 heavy (non-hydrogen) atoms. The van der Waals surface area contributed by atoms with Crippen molar-refractivity contribution in [2.75, 3.05) is 27.7 Å². The lowest BCUT2D eigenvalue weighted by Gasteiger charge is -2.25. The maximum absolute atomic E-state index is 12.5. The van der Waals surface area contributed by atoms with Crippen molar-refractivity contribution >= 4 is 33.3 Å². The van der Waals surface area contributed by atoms with Crippen LogP contribution >= 0.6 is 11.3 Å². The van der Waals surface area contributed by atoms with Crippen molar-refractivity contribution in [2.24, 2.45) is 0 Å². The second kappa shape index (κ2) is 7.84. The summed E-state index contributed by atoms with van der Waals surface area (Å²) in [7, 11) is 0.717. The van der Waals surface area contributed by atoms with Crippen molar-refractivity contribution in [3.63, 3.8) is 0 Å². The van der Waals surface area contributed by atoms with E-state index in [4.69, 9.17) is 4.74 Å². The first-order chi connectivity index (χ1) is 12.8. The van der Waals surface area contributed by atoms with E-state index in [-0.39, 0.29) is 16.6 Å². The summed E-state index contributed by atoms with van der Waals surface area (Å²) in [4.78, 5) is 15.7. The Labute approximate surface area is 163 Å². The molecule has 1 aliphatic heterocycles. The van der Waals surface area contributed by atoms with Gasteiger partial charge in [0.05, 0.1) is 7.11 Å². The smallest absolute Gasteiger partial charge is 0.246 e. The summed E-state index contributed by atoms with van der Waals surface area (Å²) in [6.45, 7) is 1.31. The molecule has 2 aromatic rings. The van der Waals surface area contributed by atoms with Crippen LogP contribution in [0.1, 0.15) is 16.0 Å². The number of methoxy groups -OCH3 is 1. The normalized spacial score (nSPS) is 14.6. The number of fused-ring (bicyclic) bond motifs is 1. The first-order valence-corrected chi connectivity index (χ1v) is 10.8. The van der Waals surface area contributed by atoms with Gasteiger partial charge in [-0.3, -0.25) is 4.79 Å². The molecule has 1 aromatic heterocycles. The molecule has 1 aromatic carbocycles. The number of amides is 1. The lowest BCUT2D eigenvalue weighted by molar-refractivity contribution is -0.126. The van der Waals surface area contributed by atoms with Gasteiger partial charge in [-0.2, -0.15) is 0 Å². The molecule has 6 nitrogen and oxygen atoms in total. The van der Waals surface area contributed by atoms with Crippen LogP contribution < -0.4 is 4.74 Å². The van der Waals surface area contributed by atoms with Crippen LogP contribution in [-0.4, -0.2) is 51.3 Å². The Kier molecular flexibility index (Phi) is 5.69. The highest BCUT2D eigenvalue weighted by molar-refractivity contribution is 7.89. The van der Waals surface area contributed by atoms with E-state index in [1.54, 1.807) is 34.4 Å². The topological polar surface area (TPSA) is 66.9 Å². The molecule has 0 saturated heterocycles. The SMILES string of the molecule is COc1ccc(/C=C/C(=O)N2CCc3sccc3C2)cc1S(=O)(=O)N(C)C. The molecule has 0 N–H and O–H groups in total. The summed E-state index contributed by atoms with van der Waals surface area (Å²) in [5, 5.41) is 2.05. The molecule has 0 fully saturated rings. The third-order valence-corrected chi connectivity index (χ3v) is 7.34. The highest BCUT2D eigenvalue weighted by Gasteiger charge is 2.23. The van der Waals surface area contributed by atoms with Gasteiger partial charge in [-0.05, 0) is 47.2 Å². The predicted octanol–water partition coefficient (Wildman–Crippen LogP) is 2.61. The average Bonchev–Trinajstić information content (AvgIpc) is 3.13. The van der Waals surface area contributed by atoms with E-state index in [1.807, 2.05) is 0 Å². The van der Waals surface area contributed by atoms with Crippen LogP contribution in [0.15, 0.2) is 40.6 Å². The molecule has 1 aliphatic rings. The quantitative estimate of drug-likeness (QED) is 0.716. The van der Waals surface area contributed by atoms with Crippen LogP contribution in [-0.2, 0) is 27.8 Å². The average molecular weight is 407 g/mol. The van der Waals surface area contributed by atoms with Crippen LogP contribution in [0.5, 0.6) is 5.75 Å². The van der Waals surface area contributed by atoms with E-state index in [2.05, 4.69) is 11.4 Å². The van der Waals surface area contributed by atoms with Crippen molar-refractivity contribution in [1.29, 1.82) is 0 Å². The van der Waals surface area contributed by atoms with Gasteiger partial charge in [0.25, 0.3) is 0 Å². The van der Waals surface area contributed by atoms with Gasteiger partial charge in [-0.1, -0.05) is 6.07 Å². The minimum absolute atomic E-state index is 0.0745. The van der Waals surface area contributed by atoms with Gasteiger partial charge >= 0.3 is 0 Å². The van der Waals surface area contributed by atoms with Crippen molar-refractivity contribution in [3.05, 3.63) is 51.7 Å². The Balaban J connectivity index is 1.80. The number of carbonyl (C=O) groups is 1. The standard InChI is InChI=1S/C19H22N2O4S2/c1-20(2)27(23,24)18-12-14(4-6-16(18)25-3)5-7-19(22)21-10-8-17-15(13-21)9-11-26-17/h4-7,9,11-12H,8,10,13H2,1-3H3/b7-5+. The van der Waals surface area contributed by atoms with E-state index in [0.717, 1.165) is 10.7 Å². The minimum atomic E-state index is -3.65. The number of benzene rings is 1. The fourth-order valence-corrected chi connectivity index (χ4v) is 4.88. The Hall–Kier alpha value is -2.16. The number of hydrogen-bond donors (Lipinski definition) is 0. The van der Waals surface area contributed by atoms with Crippen molar-refractivity contribution < 1.29 is 17.9 Å². The van der Waals surface area contributed by atoms with Crippen LogP contribution in [0, 0.1) is 0 Å². The molecule has 0 radical (unpaired) electrons. The second-order valence-electron chi connectivity index (χ2n) is 6.41. The maximum Gasteiger partial charge on any atom is 0.246 e. The van der Waals surface area contributed by atoms with Gasteiger partial charge in [-0.15, -0.1) is 11.3 Å². The molecule has 0 bridgehead atoms. The summed E-state index contributed by atoms with van der Waals surface area (Å²) in [5.41, 5.74) is 1.83. The molecule has 0 aliphatic carbocycles. The molecule has 0 atom stereocenters. The Morgan fingerprint density at radius 2 is 2.07 bits per heavy atom. The van der Waals surface area contributed by atoms with E-state index < -0.39 is 10.0 Å². The third kappa shape index (κ3) is 4.07. The zero-order chi connectivity index (χ0) is 19.6. The molecule has 2 heterocycles. The van der Waals surface area contributed by atoms with Crippen molar-refractivity contribution in [3.8, 4) is 5.75 Å². The first kappa shape index (κ1) is 19.6. The number of nitrogens with zero attached hydrogens (tertiary/aromatic N) is 2. The maximum atomic E-state index is 12.5. The Morgan fingerprint density at radius 1 is 1.30 bits per heavy atom. The summed E-state index contributed by atoms with van der Waals surface area (Å²) in [5.74, 6) is 0.188. The van der Waals surface area contributed by atoms with E-state index in [1.165, 1.54) is 43.8 Å². The van der Waals surface area contributed by atoms with Gasteiger partial charge in [0.2, 0.25) is 15.9 Å². The molecule has 0 spiro atoms. The molecular weight excluding hydrogens is 384 g/mol.